The fourth-order valence-corrected chi connectivity index (χ4v) is 3.48. The Hall–Kier alpha value is -1.80. The number of carbonyl (C=O) groups excluding carboxylic acids is 1. The maximum atomic E-state index is 13.1. The number of halogens is 1. The van der Waals surface area contributed by atoms with Gasteiger partial charge in [-0.3, -0.25) is 4.79 Å². The number of benzene rings is 2. The predicted octanol–water partition coefficient (Wildman–Crippen LogP) is 4.68. The number of fused-ring (bicyclic) bond motifs is 1. The molecule has 3 heteroatoms. The Morgan fingerprint density at radius 3 is 2.36 bits per heavy atom. The Kier molecular flexibility index (Phi) is 3.96. The molecule has 0 bridgehead atoms. The minimum absolute atomic E-state index is 0.0193. The lowest BCUT2D eigenvalue weighted by Gasteiger charge is -2.30. The number of nitrogens with zero attached hydrogens (tertiary/aromatic N) is 1. The first kappa shape index (κ1) is 15.1. The summed E-state index contributed by atoms with van der Waals surface area (Å²) in [4.78, 5) is 15.0. The molecule has 2 nitrogen and oxygen atoms in total. The fourth-order valence-electron chi connectivity index (χ4n) is 3.27. The normalized spacial score (nSPS) is 17.4. The van der Waals surface area contributed by atoms with Crippen molar-refractivity contribution in [2.24, 2.45) is 0 Å². The summed E-state index contributed by atoms with van der Waals surface area (Å²) in [7, 11) is 0. The van der Waals surface area contributed by atoms with Crippen molar-refractivity contribution in [1.29, 1.82) is 0 Å². The highest BCUT2D eigenvalue weighted by molar-refractivity contribution is 6.18. The molecule has 1 atom stereocenters. The van der Waals surface area contributed by atoms with Crippen LogP contribution < -0.4 is 4.90 Å². The topological polar surface area (TPSA) is 20.3 Å². The zero-order chi connectivity index (χ0) is 15.7. The van der Waals surface area contributed by atoms with Gasteiger partial charge in [-0.2, -0.15) is 0 Å². The van der Waals surface area contributed by atoms with E-state index in [1.54, 1.807) is 0 Å². The zero-order valence-corrected chi connectivity index (χ0v) is 13.7. The first-order valence-electron chi connectivity index (χ1n) is 7.61. The summed E-state index contributed by atoms with van der Waals surface area (Å²) in [6.07, 6.45) is 0.738. The van der Waals surface area contributed by atoms with Gasteiger partial charge in [-0.15, -0.1) is 11.6 Å². The zero-order valence-electron chi connectivity index (χ0n) is 12.9. The summed E-state index contributed by atoms with van der Waals surface area (Å²) in [5, 5.41) is 0. The van der Waals surface area contributed by atoms with E-state index in [9.17, 15) is 4.79 Å². The van der Waals surface area contributed by atoms with Crippen LogP contribution in [0, 0.1) is 0 Å². The summed E-state index contributed by atoms with van der Waals surface area (Å²) in [5.41, 5.74) is 2.74. The standard InChI is InChI=1S/C19H20ClNO/c1-19(2)15-10-6-7-11-17(15)21(18(19)22)16(12-13-20)14-8-4-3-5-9-14/h3-11,16H,12-13H2,1-2H3/t16-/m0/s1. The van der Waals surface area contributed by atoms with Gasteiger partial charge >= 0.3 is 0 Å². The van der Waals surface area contributed by atoms with E-state index in [0.29, 0.717) is 5.88 Å². The molecule has 3 rings (SSSR count). The van der Waals surface area contributed by atoms with Crippen LogP contribution in [0.15, 0.2) is 54.6 Å². The summed E-state index contributed by atoms with van der Waals surface area (Å²) >= 11 is 6.03. The van der Waals surface area contributed by atoms with Gasteiger partial charge in [-0.05, 0) is 37.5 Å². The number of para-hydroxylation sites is 1. The molecule has 114 valence electrons. The molecule has 0 fully saturated rings. The Labute approximate surface area is 136 Å². The van der Waals surface area contributed by atoms with Crippen molar-refractivity contribution < 1.29 is 4.79 Å². The van der Waals surface area contributed by atoms with E-state index >= 15 is 0 Å². The van der Waals surface area contributed by atoms with E-state index in [2.05, 4.69) is 18.2 Å². The first-order valence-corrected chi connectivity index (χ1v) is 8.15. The van der Waals surface area contributed by atoms with Gasteiger partial charge in [0.15, 0.2) is 0 Å². The van der Waals surface area contributed by atoms with E-state index in [1.165, 1.54) is 0 Å². The monoisotopic (exact) mass is 313 g/mol. The molecule has 0 saturated heterocycles. The number of amides is 1. The molecule has 1 heterocycles. The van der Waals surface area contributed by atoms with Crippen molar-refractivity contribution in [3.8, 4) is 0 Å². The maximum absolute atomic E-state index is 13.1. The number of hydrogen-bond donors (Lipinski definition) is 0. The van der Waals surface area contributed by atoms with Crippen molar-refractivity contribution in [3.63, 3.8) is 0 Å². The second-order valence-electron chi connectivity index (χ2n) is 6.22. The second kappa shape index (κ2) is 5.77. The number of alkyl halides is 1. The van der Waals surface area contributed by atoms with Crippen molar-refractivity contribution in [2.75, 3.05) is 10.8 Å². The van der Waals surface area contributed by atoms with Gasteiger partial charge in [0.2, 0.25) is 5.91 Å². The molecule has 0 unspecified atom stereocenters. The van der Waals surface area contributed by atoms with Gasteiger partial charge < -0.3 is 4.90 Å². The third kappa shape index (κ3) is 2.32. The molecule has 1 aliphatic heterocycles. The number of carbonyl (C=O) groups is 1. The SMILES string of the molecule is CC1(C)C(=O)N([C@@H](CCCl)c2ccccc2)c2ccccc21. The molecule has 0 aliphatic carbocycles. The van der Waals surface area contributed by atoms with Gasteiger partial charge in [-0.1, -0.05) is 48.5 Å². The molecule has 0 saturated carbocycles. The van der Waals surface area contributed by atoms with Crippen molar-refractivity contribution >= 4 is 23.2 Å². The maximum Gasteiger partial charge on any atom is 0.237 e. The van der Waals surface area contributed by atoms with Crippen LogP contribution in [0.5, 0.6) is 0 Å². The first-order chi connectivity index (χ1) is 10.6. The third-order valence-corrected chi connectivity index (χ3v) is 4.69. The van der Waals surface area contributed by atoms with E-state index in [4.69, 9.17) is 11.6 Å². The van der Waals surface area contributed by atoms with Crippen LogP contribution in [0.1, 0.15) is 37.4 Å². The van der Waals surface area contributed by atoms with Crippen LogP contribution in [-0.2, 0) is 10.2 Å². The molecule has 2 aromatic carbocycles. The Balaban J connectivity index is 2.11. The van der Waals surface area contributed by atoms with Gasteiger partial charge in [0.05, 0.1) is 11.5 Å². The van der Waals surface area contributed by atoms with E-state index in [1.807, 2.05) is 55.1 Å². The smallest absolute Gasteiger partial charge is 0.237 e. The van der Waals surface area contributed by atoms with Crippen LogP contribution in [0.25, 0.3) is 0 Å². The second-order valence-corrected chi connectivity index (χ2v) is 6.60. The average Bonchev–Trinajstić information content (AvgIpc) is 2.74. The number of anilines is 1. The van der Waals surface area contributed by atoms with Crippen LogP contribution in [0.2, 0.25) is 0 Å². The van der Waals surface area contributed by atoms with Crippen molar-refractivity contribution in [3.05, 3.63) is 65.7 Å². The Morgan fingerprint density at radius 2 is 1.68 bits per heavy atom. The summed E-state index contributed by atoms with van der Waals surface area (Å²) in [6.45, 7) is 3.99. The van der Waals surface area contributed by atoms with Crippen molar-refractivity contribution in [2.45, 2.75) is 31.7 Å². The summed E-state index contributed by atoms with van der Waals surface area (Å²) in [6, 6.07) is 18.2. The van der Waals surface area contributed by atoms with Crippen LogP contribution in [0.4, 0.5) is 5.69 Å². The lowest BCUT2D eigenvalue weighted by atomic mass is 9.86. The quantitative estimate of drug-likeness (QED) is 0.750. The van der Waals surface area contributed by atoms with Gasteiger partial charge in [0.25, 0.3) is 0 Å². The molecule has 22 heavy (non-hydrogen) atoms. The highest BCUT2D eigenvalue weighted by Crippen LogP contribution is 2.46. The van der Waals surface area contributed by atoms with Crippen LogP contribution >= 0.6 is 11.6 Å². The highest BCUT2D eigenvalue weighted by Gasteiger charge is 2.46. The lowest BCUT2D eigenvalue weighted by molar-refractivity contribution is -0.122. The molecule has 0 N–H and O–H groups in total. The minimum Gasteiger partial charge on any atom is -0.304 e. The van der Waals surface area contributed by atoms with Crippen LogP contribution in [-0.4, -0.2) is 11.8 Å². The average molecular weight is 314 g/mol. The predicted molar refractivity (Wildman–Crippen MR) is 91.5 cm³/mol. The van der Waals surface area contributed by atoms with Gasteiger partial charge in [0.1, 0.15) is 0 Å². The van der Waals surface area contributed by atoms with Crippen molar-refractivity contribution in [1.82, 2.24) is 0 Å². The Bertz CT molecular complexity index is 681. The number of hydrogen-bond acceptors (Lipinski definition) is 1. The third-order valence-electron chi connectivity index (χ3n) is 4.47. The highest BCUT2D eigenvalue weighted by atomic mass is 35.5. The molecule has 0 spiro atoms. The molecule has 1 amide bonds. The summed E-state index contributed by atoms with van der Waals surface area (Å²) in [5.74, 6) is 0.666. The molecular formula is C19H20ClNO. The molecule has 0 radical (unpaired) electrons. The Morgan fingerprint density at radius 1 is 1.05 bits per heavy atom. The summed E-state index contributed by atoms with van der Waals surface area (Å²) < 4.78 is 0. The largest absolute Gasteiger partial charge is 0.304 e. The fraction of sp³-hybridized carbons (Fsp3) is 0.316. The molecule has 0 aromatic heterocycles. The van der Waals surface area contributed by atoms with E-state index in [-0.39, 0.29) is 11.9 Å². The molecule has 1 aliphatic rings. The minimum atomic E-state index is -0.490. The van der Waals surface area contributed by atoms with E-state index in [0.717, 1.165) is 23.2 Å². The van der Waals surface area contributed by atoms with E-state index < -0.39 is 5.41 Å². The van der Waals surface area contributed by atoms with Crippen LogP contribution in [0.3, 0.4) is 0 Å². The van der Waals surface area contributed by atoms with Gasteiger partial charge in [-0.25, -0.2) is 0 Å². The number of rotatable bonds is 4. The molecule has 2 aromatic rings. The van der Waals surface area contributed by atoms with Gasteiger partial charge in [0, 0.05) is 11.6 Å². The molecular weight excluding hydrogens is 294 g/mol. The lowest BCUT2D eigenvalue weighted by Crippen LogP contribution is -2.39.